The first-order valence-electron chi connectivity index (χ1n) is 9.82. The van der Waals surface area contributed by atoms with E-state index in [4.69, 9.17) is 9.47 Å². The Morgan fingerprint density at radius 2 is 2.11 bits per heavy atom. The highest BCUT2D eigenvalue weighted by Crippen LogP contribution is 2.51. The Morgan fingerprint density at radius 3 is 2.89 bits per heavy atom. The molecule has 1 amide bonds. The lowest BCUT2D eigenvalue weighted by molar-refractivity contribution is -0.127. The molecule has 0 radical (unpaired) electrons. The van der Waals surface area contributed by atoms with Crippen molar-refractivity contribution in [1.29, 1.82) is 0 Å². The predicted octanol–water partition coefficient (Wildman–Crippen LogP) is 3.97. The number of thioether (sulfide) groups is 1. The summed E-state index contributed by atoms with van der Waals surface area (Å²) in [7, 11) is 1.65. The van der Waals surface area contributed by atoms with Crippen LogP contribution in [0.15, 0.2) is 28.7 Å². The first-order valence-corrected chi connectivity index (χ1v) is 10.7. The molecule has 3 atom stereocenters. The molecule has 2 heterocycles. The van der Waals surface area contributed by atoms with Crippen LogP contribution in [-0.4, -0.2) is 25.0 Å². The first-order chi connectivity index (χ1) is 13.1. The topological polar surface area (TPSA) is 59.6 Å². The van der Waals surface area contributed by atoms with Crippen molar-refractivity contribution >= 4 is 17.7 Å². The lowest BCUT2D eigenvalue weighted by Crippen LogP contribution is -2.54. The third-order valence-corrected chi connectivity index (χ3v) is 6.94. The number of nitrogens with one attached hydrogen (secondary N) is 2. The molecule has 5 nitrogen and oxygen atoms in total. The summed E-state index contributed by atoms with van der Waals surface area (Å²) in [6.07, 6.45) is 4.18. The van der Waals surface area contributed by atoms with Crippen molar-refractivity contribution in [3.8, 4) is 11.5 Å². The molecule has 0 saturated carbocycles. The Hall–Kier alpha value is -1.66. The predicted molar refractivity (Wildman–Crippen MR) is 108 cm³/mol. The van der Waals surface area contributed by atoms with Gasteiger partial charge in [0.25, 0.3) is 0 Å². The van der Waals surface area contributed by atoms with Gasteiger partial charge < -0.3 is 14.8 Å². The molecular weight excluding hydrogens is 360 g/mol. The van der Waals surface area contributed by atoms with E-state index in [1.54, 1.807) is 7.11 Å². The van der Waals surface area contributed by atoms with Crippen LogP contribution in [0.2, 0.25) is 0 Å². The van der Waals surface area contributed by atoms with Crippen molar-refractivity contribution in [3.05, 3.63) is 34.2 Å². The fourth-order valence-electron chi connectivity index (χ4n) is 4.04. The van der Waals surface area contributed by atoms with Gasteiger partial charge >= 0.3 is 0 Å². The minimum atomic E-state index is -0.204. The standard InChI is InChI=1S/C21H28N2O3S/c1-12(2)9-10-26-15-8-7-13(11-16(15)25-3)19-22-20(24)18-14-5-4-6-17(14)27-21(18)23-19/h7-8,11-12,18-19,21,23H,4-6,9-10H2,1-3H3,(H,22,24). The molecule has 6 heteroatoms. The van der Waals surface area contributed by atoms with E-state index >= 15 is 0 Å². The second-order valence-corrected chi connectivity index (χ2v) is 9.10. The number of carbonyl (C=O) groups excluding carboxylic acids is 1. The van der Waals surface area contributed by atoms with E-state index in [9.17, 15) is 4.79 Å². The molecule has 27 heavy (non-hydrogen) atoms. The van der Waals surface area contributed by atoms with Crippen molar-refractivity contribution in [1.82, 2.24) is 10.6 Å². The zero-order chi connectivity index (χ0) is 19.0. The third kappa shape index (κ3) is 3.69. The van der Waals surface area contributed by atoms with Crippen molar-refractivity contribution in [3.63, 3.8) is 0 Å². The van der Waals surface area contributed by atoms with Gasteiger partial charge in [0.1, 0.15) is 6.17 Å². The van der Waals surface area contributed by atoms with E-state index in [2.05, 4.69) is 24.5 Å². The van der Waals surface area contributed by atoms with E-state index in [-0.39, 0.29) is 23.4 Å². The number of allylic oxidation sites excluding steroid dienone is 1. The Labute approximate surface area is 165 Å². The minimum absolute atomic E-state index is 0.00992. The normalized spacial score (nSPS) is 26.8. The Bertz CT molecular complexity index is 762. The van der Waals surface area contributed by atoms with Gasteiger partial charge in [0.2, 0.25) is 5.91 Å². The van der Waals surface area contributed by atoms with Gasteiger partial charge in [-0.25, -0.2) is 0 Å². The van der Waals surface area contributed by atoms with E-state index in [0.29, 0.717) is 18.3 Å². The maximum atomic E-state index is 12.8. The van der Waals surface area contributed by atoms with Crippen LogP contribution in [0.1, 0.15) is 51.3 Å². The van der Waals surface area contributed by atoms with Gasteiger partial charge in [-0.15, -0.1) is 11.8 Å². The monoisotopic (exact) mass is 388 g/mol. The number of rotatable bonds is 6. The number of fused-ring (bicyclic) bond motifs is 2. The number of hydrogen-bond donors (Lipinski definition) is 2. The van der Waals surface area contributed by atoms with Crippen LogP contribution >= 0.6 is 11.8 Å². The SMILES string of the molecule is COc1cc(C2NC(=O)C3C4=C(CCC4)SC3N2)ccc1OCCC(C)C. The van der Waals surface area contributed by atoms with Crippen LogP contribution in [0, 0.1) is 11.8 Å². The molecule has 4 rings (SSSR count). The molecule has 0 spiro atoms. The molecule has 3 aliphatic rings. The zero-order valence-corrected chi connectivity index (χ0v) is 17.0. The number of amides is 1. The molecule has 3 unspecified atom stereocenters. The van der Waals surface area contributed by atoms with Crippen LogP contribution in [0.5, 0.6) is 11.5 Å². The summed E-state index contributed by atoms with van der Waals surface area (Å²) in [5.41, 5.74) is 2.35. The van der Waals surface area contributed by atoms with Crippen LogP contribution in [0.3, 0.4) is 0 Å². The van der Waals surface area contributed by atoms with Crippen LogP contribution in [-0.2, 0) is 4.79 Å². The summed E-state index contributed by atoms with van der Waals surface area (Å²) < 4.78 is 11.4. The Kier molecular flexibility index (Phi) is 5.37. The smallest absolute Gasteiger partial charge is 0.231 e. The van der Waals surface area contributed by atoms with Crippen molar-refractivity contribution < 1.29 is 14.3 Å². The zero-order valence-electron chi connectivity index (χ0n) is 16.2. The van der Waals surface area contributed by atoms with Gasteiger partial charge in [0.15, 0.2) is 11.5 Å². The second kappa shape index (κ2) is 7.76. The molecular formula is C21H28N2O3S. The first kappa shape index (κ1) is 18.7. The molecule has 146 valence electrons. The molecule has 2 N–H and O–H groups in total. The molecule has 1 fully saturated rings. The minimum Gasteiger partial charge on any atom is -0.493 e. The lowest BCUT2D eigenvalue weighted by Gasteiger charge is -2.35. The molecule has 1 aromatic carbocycles. The summed E-state index contributed by atoms with van der Waals surface area (Å²) in [4.78, 5) is 14.2. The molecule has 0 aromatic heterocycles. The van der Waals surface area contributed by atoms with Crippen LogP contribution < -0.4 is 20.1 Å². The van der Waals surface area contributed by atoms with Crippen molar-refractivity contribution in [2.75, 3.05) is 13.7 Å². The van der Waals surface area contributed by atoms with E-state index < -0.39 is 0 Å². The van der Waals surface area contributed by atoms with Crippen molar-refractivity contribution in [2.24, 2.45) is 11.8 Å². The fraction of sp³-hybridized carbons (Fsp3) is 0.571. The van der Waals surface area contributed by atoms with Crippen molar-refractivity contribution in [2.45, 2.75) is 51.1 Å². The lowest BCUT2D eigenvalue weighted by atomic mass is 9.94. The summed E-state index contributed by atoms with van der Waals surface area (Å²) in [6, 6.07) is 5.91. The van der Waals surface area contributed by atoms with E-state index in [1.807, 2.05) is 30.0 Å². The average Bonchev–Trinajstić information content (AvgIpc) is 3.22. The maximum Gasteiger partial charge on any atom is 0.231 e. The van der Waals surface area contributed by atoms with Crippen LogP contribution in [0.25, 0.3) is 0 Å². The second-order valence-electron chi connectivity index (χ2n) is 7.87. The Balaban J connectivity index is 1.47. The van der Waals surface area contributed by atoms with Gasteiger partial charge in [-0.1, -0.05) is 19.9 Å². The van der Waals surface area contributed by atoms with Gasteiger partial charge in [-0.05, 0) is 59.8 Å². The fourth-order valence-corrected chi connectivity index (χ4v) is 5.62. The average molecular weight is 389 g/mol. The summed E-state index contributed by atoms with van der Waals surface area (Å²) in [5.74, 6) is 2.18. The molecule has 0 bridgehead atoms. The molecule has 2 aliphatic heterocycles. The quantitative estimate of drug-likeness (QED) is 0.772. The van der Waals surface area contributed by atoms with E-state index in [1.165, 1.54) is 16.9 Å². The summed E-state index contributed by atoms with van der Waals surface area (Å²) in [6.45, 7) is 5.03. The number of carbonyl (C=O) groups is 1. The highest BCUT2D eigenvalue weighted by atomic mass is 32.2. The van der Waals surface area contributed by atoms with Crippen LogP contribution in [0.4, 0.5) is 0 Å². The van der Waals surface area contributed by atoms with Gasteiger partial charge in [-0.2, -0.15) is 0 Å². The Morgan fingerprint density at radius 1 is 1.26 bits per heavy atom. The summed E-state index contributed by atoms with van der Waals surface area (Å²) >= 11 is 1.85. The highest BCUT2D eigenvalue weighted by molar-refractivity contribution is 8.04. The summed E-state index contributed by atoms with van der Waals surface area (Å²) in [5, 5.41) is 6.90. The number of benzene rings is 1. The number of hydrogen-bond acceptors (Lipinski definition) is 5. The molecule has 1 saturated heterocycles. The maximum absolute atomic E-state index is 12.8. The number of methoxy groups -OCH3 is 1. The third-order valence-electron chi connectivity index (χ3n) is 5.53. The largest absolute Gasteiger partial charge is 0.493 e. The van der Waals surface area contributed by atoms with Gasteiger partial charge in [0, 0.05) is 0 Å². The van der Waals surface area contributed by atoms with E-state index in [0.717, 1.165) is 30.6 Å². The number of ether oxygens (including phenoxy) is 2. The molecule has 1 aromatic rings. The van der Waals surface area contributed by atoms with Gasteiger partial charge in [0.05, 0.1) is 25.0 Å². The van der Waals surface area contributed by atoms with Gasteiger partial charge in [-0.3, -0.25) is 10.1 Å². The highest BCUT2D eigenvalue weighted by Gasteiger charge is 2.46. The molecule has 1 aliphatic carbocycles.